The standard InChI is InChI=1S/C7H3ClF2I2O/c8-5-3-4(11)1-2-6(5)13-7(9,10)12/h1-3H. The first-order valence-corrected chi connectivity index (χ1v) is 5.63. The van der Waals surface area contributed by atoms with Crippen LogP contribution in [0.5, 0.6) is 5.75 Å². The molecule has 0 fully saturated rings. The van der Waals surface area contributed by atoms with Gasteiger partial charge in [-0.1, -0.05) is 11.6 Å². The fraction of sp³-hybridized carbons (Fsp3) is 0.143. The fourth-order valence-corrected chi connectivity index (χ4v) is 1.81. The lowest BCUT2D eigenvalue weighted by molar-refractivity contribution is -0.0691. The van der Waals surface area contributed by atoms with Gasteiger partial charge in [0.05, 0.1) is 27.6 Å². The molecule has 0 radical (unpaired) electrons. The van der Waals surface area contributed by atoms with Gasteiger partial charge in [0.15, 0.2) is 0 Å². The quantitative estimate of drug-likeness (QED) is 0.502. The Labute approximate surface area is 106 Å². The van der Waals surface area contributed by atoms with Crippen LogP contribution in [0.3, 0.4) is 0 Å². The molecule has 0 saturated heterocycles. The monoisotopic (exact) mass is 430 g/mol. The lowest BCUT2D eigenvalue weighted by atomic mass is 10.3. The molecule has 0 aliphatic carbocycles. The molecule has 0 heterocycles. The summed E-state index contributed by atoms with van der Waals surface area (Å²) >= 11 is 8.59. The molecule has 0 aliphatic heterocycles. The van der Waals surface area contributed by atoms with Crippen LogP contribution in [0.25, 0.3) is 0 Å². The Kier molecular flexibility index (Phi) is 3.99. The van der Waals surface area contributed by atoms with Crippen molar-refractivity contribution in [2.75, 3.05) is 0 Å². The van der Waals surface area contributed by atoms with E-state index in [0.717, 1.165) is 26.2 Å². The van der Waals surface area contributed by atoms with E-state index < -0.39 is 4.12 Å². The van der Waals surface area contributed by atoms with Crippen molar-refractivity contribution in [3.05, 3.63) is 26.8 Å². The summed E-state index contributed by atoms with van der Waals surface area (Å²) in [6, 6.07) is 4.61. The molecular formula is C7H3ClF2I2O. The molecule has 0 bridgehead atoms. The van der Waals surface area contributed by atoms with Gasteiger partial charge in [-0.3, -0.25) is 0 Å². The van der Waals surface area contributed by atoms with E-state index >= 15 is 0 Å². The van der Waals surface area contributed by atoms with Crippen molar-refractivity contribution in [2.45, 2.75) is 4.12 Å². The first kappa shape index (κ1) is 11.7. The van der Waals surface area contributed by atoms with E-state index in [0.29, 0.717) is 0 Å². The van der Waals surface area contributed by atoms with Gasteiger partial charge in [0, 0.05) is 3.57 Å². The van der Waals surface area contributed by atoms with Crippen LogP contribution in [0.1, 0.15) is 0 Å². The highest BCUT2D eigenvalue weighted by molar-refractivity contribution is 14.1. The van der Waals surface area contributed by atoms with E-state index in [1.807, 2.05) is 22.6 Å². The van der Waals surface area contributed by atoms with Gasteiger partial charge in [-0.2, -0.15) is 8.78 Å². The Morgan fingerprint density at radius 2 is 2.00 bits per heavy atom. The lowest BCUT2D eigenvalue weighted by Gasteiger charge is -2.12. The second kappa shape index (κ2) is 4.43. The summed E-state index contributed by atoms with van der Waals surface area (Å²) in [5, 5.41) is 0.184. The van der Waals surface area contributed by atoms with Crippen molar-refractivity contribution >= 4 is 56.8 Å². The van der Waals surface area contributed by atoms with E-state index in [9.17, 15) is 8.78 Å². The van der Waals surface area contributed by atoms with Crippen LogP contribution in [-0.2, 0) is 0 Å². The molecule has 72 valence electrons. The maximum atomic E-state index is 12.4. The highest BCUT2D eigenvalue weighted by Crippen LogP contribution is 2.33. The first-order chi connectivity index (χ1) is 5.88. The van der Waals surface area contributed by atoms with Crippen molar-refractivity contribution in [1.29, 1.82) is 0 Å². The average Bonchev–Trinajstić information content (AvgIpc) is 1.93. The molecule has 0 spiro atoms. The van der Waals surface area contributed by atoms with Crippen molar-refractivity contribution < 1.29 is 13.5 Å². The third-order valence-electron chi connectivity index (χ3n) is 1.12. The molecule has 0 atom stereocenters. The number of ether oxygens (including phenoxy) is 1. The summed E-state index contributed by atoms with van der Waals surface area (Å²) in [4.78, 5) is 0. The number of hydrogen-bond acceptors (Lipinski definition) is 1. The van der Waals surface area contributed by atoms with E-state index in [4.69, 9.17) is 11.6 Å². The maximum Gasteiger partial charge on any atom is 0.451 e. The van der Waals surface area contributed by atoms with Gasteiger partial charge in [-0.15, -0.1) is 0 Å². The Hall–Kier alpha value is 0.630. The molecule has 0 saturated carbocycles. The van der Waals surface area contributed by atoms with Gasteiger partial charge < -0.3 is 4.74 Å². The topological polar surface area (TPSA) is 9.23 Å². The molecule has 0 unspecified atom stereocenters. The summed E-state index contributed by atoms with van der Waals surface area (Å²) in [6.07, 6.45) is 0. The molecule has 13 heavy (non-hydrogen) atoms. The third kappa shape index (κ3) is 4.11. The fourth-order valence-electron chi connectivity index (χ4n) is 0.683. The number of alkyl halides is 3. The lowest BCUT2D eigenvalue weighted by Crippen LogP contribution is -2.14. The van der Waals surface area contributed by atoms with Crippen LogP contribution in [0, 0.1) is 3.57 Å². The van der Waals surface area contributed by atoms with E-state index in [-0.39, 0.29) is 10.8 Å². The Balaban J connectivity index is 2.90. The highest BCUT2D eigenvalue weighted by Gasteiger charge is 2.27. The number of halogens is 5. The molecule has 0 N–H and O–H groups in total. The maximum absolute atomic E-state index is 12.4. The van der Waals surface area contributed by atoms with Crippen LogP contribution in [0.2, 0.25) is 5.02 Å². The zero-order valence-electron chi connectivity index (χ0n) is 6.03. The third-order valence-corrected chi connectivity index (χ3v) is 2.31. The van der Waals surface area contributed by atoms with Gasteiger partial charge in [-0.25, -0.2) is 0 Å². The first-order valence-electron chi connectivity index (χ1n) is 3.09. The van der Waals surface area contributed by atoms with Crippen molar-refractivity contribution in [3.63, 3.8) is 0 Å². The van der Waals surface area contributed by atoms with E-state index in [2.05, 4.69) is 4.74 Å². The molecular weight excluding hydrogens is 427 g/mol. The number of benzene rings is 1. The molecule has 0 aliphatic rings. The van der Waals surface area contributed by atoms with Gasteiger partial charge in [0.1, 0.15) is 5.75 Å². The number of hydrogen-bond donors (Lipinski definition) is 0. The Morgan fingerprint density at radius 1 is 1.38 bits per heavy atom. The molecule has 1 aromatic carbocycles. The second-order valence-corrected chi connectivity index (χ2v) is 5.03. The molecule has 1 aromatic rings. The van der Waals surface area contributed by atoms with Crippen LogP contribution < -0.4 is 4.74 Å². The van der Waals surface area contributed by atoms with Gasteiger partial charge in [0.25, 0.3) is 0 Å². The van der Waals surface area contributed by atoms with Gasteiger partial charge >= 0.3 is 4.12 Å². The van der Waals surface area contributed by atoms with E-state index in [1.54, 1.807) is 12.1 Å². The van der Waals surface area contributed by atoms with Gasteiger partial charge in [0.2, 0.25) is 0 Å². The molecule has 6 heteroatoms. The largest absolute Gasteiger partial charge is 0.451 e. The van der Waals surface area contributed by atoms with Crippen molar-refractivity contribution in [1.82, 2.24) is 0 Å². The summed E-state index contributed by atoms with van der Waals surface area (Å²) < 4.78 is 26.7. The van der Waals surface area contributed by atoms with Crippen LogP contribution in [0.4, 0.5) is 8.78 Å². The minimum absolute atomic E-state index is 0.0125. The average molecular weight is 430 g/mol. The highest BCUT2D eigenvalue weighted by atomic mass is 127. The predicted octanol–water partition coefficient (Wildman–Crippen LogP) is 4.31. The number of rotatable bonds is 2. The molecule has 1 nitrogen and oxygen atoms in total. The summed E-state index contributed by atoms with van der Waals surface area (Å²) in [6.45, 7) is 0. The zero-order chi connectivity index (χ0) is 10.1. The predicted molar refractivity (Wildman–Crippen MR) is 63.8 cm³/mol. The zero-order valence-corrected chi connectivity index (χ0v) is 11.1. The summed E-state index contributed by atoms with van der Waals surface area (Å²) in [7, 11) is 0. The molecule has 0 amide bonds. The summed E-state index contributed by atoms with van der Waals surface area (Å²) in [5.74, 6) is -0.0125. The normalized spacial score (nSPS) is 11.5. The van der Waals surface area contributed by atoms with Crippen molar-refractivity contribution in [3.8, 4) is 5.75 Å². The van der Waals surface area contributed by atoms with Crippen LogP contribution in [-0.4, -0.2) is 4.12 Å². The SMILES string of the molecule is FC(F)(I)Oc1ccc(I)cc1Cl. The minimum atomic E-state index is -3.23. The Morgan fingerprint density at radius 3 is 2.46 bits per heavy atom. The Bertz CT molecular complexity index is 314. The summed E-state index contributed by atoms with van der Waals surface area (Å²) in [5.41, 5.74) is 0. The smallest absolute Gasteiger partial charge is 0.423 e. The molecule has 0 aromatic heterocycles. The van der Waals surface area contributed by atoms with E-state index in [1.165, 1.54) is 6.07 Å². The van der Waals surface area contributed by atoms with Crippen LogP contribution in [0.15, 0.2) is 18.2 Å². The van der Waals surface area contributed by atoms with Crippen LogP contribution >= 0.6 is 56.8 Å². The molecule has 1 rings (SSSR count). The van der Waals surface area contributed by atoms with Crippen molar-refractivity contribution in [2.24, 2.45) is 0 Å². The minimum Gasteiger partial charge on any atom is -0.423 e. The second-order valence-electron chi connectivity index (χ2n) is 2.12. The van der Waals surface area contributed by atoms with Gasteiger partial charge in [-0.05, 0) is 40.8 Å².